The number of hydrogen-bond acceptors (Lipinski definition) is 5. The minimum atomic E-state index is -3.94. The van der Waals surface area contributed by atoms with E-state index in [0.717, 1.165) is 10.6 Å². The highest BCUT2D eigenvalue weighted by Crippen LogP contribution is 2.33. The number of halogens is 3. The van der Waals surface area contributed by atoms with Crippen LogP contribution in [0.4, 0.5) is 5.69 Å². The predicted octanol–water partition coefficient (Wildman–Crippen LogP) is 4.36. The summed E-state index contributed by atoms with van der Waals surface area (Å²) in [4.78, 5) is 27.8. The third-order valence-electron chi connectivity index (χ3n) is 5.18. The van der Waals surface area contributed by atoms with Gasteiger partial charge in [0.2, 0.25) is 21.8 Å². The van der Waals surface area contributed by atoms with Crippen LogP contribution in [0.15, 0.2) is 36.4 Å². The maximum atomic E-state index is 13.6. The molecule has 8 nitrogen and oxygen atoms in total. The monoisotopic (exact) mass is 563 g/mol. The zero-order valence-corrected chi connectivity index (χ0v) is 22.9. The van der Waals surface area contributed by atoms with Gasteiger partial charge >= 0.3 is 0 Å². The summed E-state index contributed by atoms with van der Waals surface area (Å²) in [5, 5.41) is 3.73. The fraction of sp³-hybridized carbons (Fsp3) is 0.391. The van der Waals surface area contributed by atoms with Crippen LogP contribution in [0.25, 0.3) is 0 Å². The molecule has 2 aromatic carbocycles. The summed E-state index contributed by atoms with van der Waals surface area (Å²) in [6.45, 7) is 3.28. The first kappa shape index (κ1) is 29.0. The van der Waals surface area contributed by atoms with Crippen LogP contribution in [0.3, 0.4) is 0 Å². The molecule has 0 radical (unpaired) electrons. The van der Waals surface area contributed by atoms with Crippen LogP contribution in [0.2, 0.25) is 15.1 Å². The van der Waals surface area contributed by atoms with Gasteiger partial charge in [-0.05, 0) is 49.2 Å². The molecule has 192 valence electrons. The summed E-state index contributed by atoms with van der Waals surface area (Å²) >= 11 is 18.4. The third-order valence-corrected chi connectivity index (χ3v) is 7.13. The van der Waals surface area contributed by atoms with Gasteiger partial charge in [0, 0.05) is 28.2 Å². The third kappa shape index (κ3) is 7.64. The SMILES string of the molecule is CCNC(=O)C(CC)N(Cc1ccc(Cl)cc1Cl)C(=O)CN(c1cc(Cl)ccc1OC)S(C)(=O)=O. The van der Waals surface area contributed by atoms with Crippen LogP contribution in [-0.4, -0.2) is 57.6 Å². The molecule has 0 bridgehead atoms. The van der Waals surface area contributed by atoms with Gasteiger partial charge in [-0.2, -0.15) is 0 Å². The van der Waals surface area contributed by atoms with E-state index in [1.807, 2.05) is 0 Å². The Labute approximate surface area is 221 Å². The van der Waals surface area contributed by atoms with E-state index in [1.54, 1.807) is 32.0 Å². The Kier molecular flexibility index (Phi) is 10.5. The molecule has 0 aliphatic rings. The van der Waals surface area contributed by atoms with E-state index in [2.05, 4.69) is 5.32 Å². The van der Waals surface area contributed by atoms with Gasteiger partial charge in [-0.3, -0.25) is 13.9 Å². The number of amides is 2. The molecule has 0 saturated carbocycles. The molecule has 2 rings (SSSR count). The lowest BCUT2D eigenvalue weighted by atomic mass is 10.1. The predicted molar refractivity (Wildman–Crippen MR) is 140 cm³/mol. The standard InChI is InChI=1S/C23H28Cl3N3O5S/c1-5-19(23(31)27-6-2)28(13-15-7-8-16(24)11-18(15)26)22(30)14-29(35(4,32)33)20-12-17(25)9-10-21(20)34-3/h7-12,19H,5-6,13-14H2,1-4H3,(H,27,31). The number of ether oxygens (including phenoxy) is 1. The van der Waals surface area contributed by atoms with Crippen molar-refractivity contribution in [2.24, 2.45) is 0 Å². The number of nitrogens with zero attached hydrogens (tertiary/aromatic N) is 2. The summed E-state index contributed by atoms with van der Waals surface area (Å²) in [7, 11) is -2.56. The Morgan fingerprint density at radius 2 is 1.69 bits per heavy atom. The van der Waals surface area contributed by atoms with Gasteiger partial charge in [0.25, 0.3) is 0 Å². The number of likely N-dealkylation sites (N-methyl/N-ethyl adjacent to an activating group) is 1. The van der Waals surface area contributed by atoms with Crippen molar-refractivity contribution >= 4 is 62.3 Å². The fourth-order valence-electron chi connectivity index (χ4n) is 3.50. The van der Waals surface area contributed by atoms with Crippen molar-refractivity contribution in [1.82, 2.24) is 10.2 Å². The number of carbonyl (C=O) groups excluding carboxylic acids is 2. The molecular formula is C23H28Cl3N3O5S. The molecule has 35 heavy (non-hydrogen) atoms. The van der Waals surface area contributed by atoms with Crippen molar-refractivity contribution in [1.29, 1.82) is 0 Å². The van der Waals surface area contributed by atoms with Crippen LogP contribution in [-0.2, 0) is 26.2 Å². The molecule has 1 unspecified atom stereocenters. The van der Waals surface area contributed by atoms with E-state index in [-0.39, 0.29) is 28.9 Å². The highest BCUT2D eigenvalue weighted by atomic mass is 35.5. The zero-order valence-electron chi connectivity index (χ0n) is 19.8. The zero-order chi connectivity index (χ0) is 26.3. The average Bonchev–Trinajstić information content (AvgIpc) is 2.78. The summed E-state index contributed by atoms with van der Waals surface area (Å²) in [6.07, 6.45) is 1.27. The largest absolute Gasteiger partial charge is 0.495 e. The molecule has 0 aliphatic carbocycles. The second kappa shape index (κ2) is 12.7. The number of rotatable bonds is 11. The van der Waals surface area contributed by atoms with Gasteiger partial charge in [0.15, 0.2) is 0 Å². The molecule has 1 atom stereocenters. The smallest absolute Gasteiger partial charge is 0.244 e. The Morgan fingerprint density at radius 3 is 2.23 bits per heavy atom. The Hall–Kier alpha value is -2.20. The quantitative estimate of drug-likeness (QED) is 0.437. The Balaban J connectivity index is 2.54. The molecule has 0 fully saturated rings. The Bertz CT molecular complexity index is 1180. The van der Waals surface area contributed by atoms with Crippen molar-refractivity contribution in [2.45, 2.75) is 32.9 Å². The minimum absolute atomic E-state index is 0.0330. The van der Waals surface area contributed by atoms with Crippen LogP contribution >= 0.6 is 34.8 Å². The topological polar surface area (TPSA) is 96.0 Å². The number of carbonyl (C=O) groups is 2. The van der Waals surface area contributed by atoms with Crippen LogP contribution in [0.1, 0.15) is 25.8 Å². The molecule has 0 spiro atoms. The molecule has 0 heterocycles. The van der Waals surface area contributed by atoms with E-state index in [4.69, 9.17) is 39.5 Å². The van der Waals surface area contributed by atoms with Crippen LogP contribution in [0.5, 0.6) is 5.75 Å². The first-order chi connectivity index (χ1) is 16.4. The first-order valence-electron chi connectivity index (χ1n) is 10.7. The maximum absolute atomic E-state index is 13.6. The average molecular weight is 565 g/mol. The van der Waals surface area contributed by atoms with Gasteiger partial charge in [0.05, 0.1) is 19.1 Å². The van der Waals surface area contributed by atoms with Crippen molar-refractivity contribution < 1.29 is 22.7 Å². The molecule has 0 aliphatic heterocycles. The van der Waals surface area contributed by atoms with Crippen molar-refractivity contribution in [2.75, 3.05) is 30.8 Å². The van der Waals surface area contributed by atoms with E-state index < -0.39 is 28.5 Å². The molecule has 0 aromatic heterocycles. The van der Waals surface area contributed by atoms with Crippen LogP contribution < -0.4 is 14.4 Å². The number of anilines is 1. The molecule has 12 heteroatoms. The molecule has 1 N–H and O–H groups in total. The van der Waals surface area contributed by atoms with Crippen molar-refractivity contribution in [3.05, 3.63) is 57.0 Å². The van der Waals surface area contributed by atoms with Gasteiger partial charge in [-0.15, -0.1) is 0 Å². The lowest BCUT2D eigenvalue weighted by Gasteiger charge is -2.33. The van der Waals surface area contributed by atoms with Crippen molar-refractivity contribution in [3.63, 3.8) is 0 Å². The number of nitrogens with one attached hydrogen (secondary N) is 1. The van der Waals surface area contributed by atoms with E-state index >= 15 is 0 Å². The summed E-state index contributed by atoms with van der Waals surface area (Å²) in [6, 6.07) is 8.40. The van der Waals surface area contributed by atoms with Gasteiger partial charge in [-0.25, -0.2) is 8.42 Å². The van der Waals surface area contributed by atoms with E-state index in [0.29, 0.717) is 28.6 Å². The highest BCUT2D eigenvalue weighted by molar-refractivity contribution is 7.92. The summed E-state index contributed by atoms with van der Waals surface area (Å²) in [5.74, 6) is -0.753. The highest BCUT2D eigenvalue weighted by Gasteiger charge is 2.32. The number of methoxy groups -OCH3 is 1. The molecular weight excluding hydrogens is 537 g/mol. The van der Waals surface area contributed by atoms with Crippen molar-refractivity contribution in [3.8, 4) is 5.75 Å². The molecule has 2 amide bonds. The molecule has 2 aromatic rings. The molecule has 0 saturated heterocycles. The van der Waals surface area contributed by atoms with E-state index in [9.17, 15) is 18.0 Å². The number of sulfonamides is 1. The lowest BCUT2D eigenvalue weighted by Crippen LogP contribution is -2.52. The number of hydrogen-bond donors (Lipinski definition) is 1. The van der Waals surface area contributed by atoms with Gasteiger partial charge < -0.3 is 15.0 Å². The van der Waals surface area contributed by atoms with Gasteiger partial charge in [0.1, 0.15) is 18.3 Å². The fourth-order valence-corrected chi connectivity index (χ4v) is 4.98. The second-order valence-electron chi connectivity index (χ2n) is 7.66. The van der Waals surface area contributed by atoms with Crippen LogP contribution in [0, 0.1) is 0 Å². The van der Waals surface area contributed by atoms with Gasteiger partial charge in [-0.1, -0.05) is 47.8 Å². The normalized spacial score (nSPS) is 12.1. The van der Waals surface area contributed by atoms with E-state index in [1.165, 1.54) is 30.2 Å². The summed E-state index contributed by atoms with van der Waals surface area (Å²) in [5.41, 5.74) is 0.657. The maximum Gasteiger partial charge on any atom is 0.244 e. The minimum Gasteiger partial charge on any atom is -0.495 e. The lowest BCUT2D eigenvalue weighted by molar-refractivity contribution is -0.140. The summed E-state index contributed by atoms with van der Waals surface area (Å²) < 4.78 is 31.7. The Morgan fingerprint density at radius 1 is 1.06 bits per heavy atom. The first-order valence-corrected chi connectivity index (χ1v) is 13.7. The second-order valence-corrected chi connectivity index (χ2v) is 10.8. The number of benzene rings is 2.